The zero-order chi connectivity index (χ0) is 18.1. The predicted molar refractivity (Wildman–Crippen MR) is 109 cm³/mol. The molecular formula is C19H21Cl2N5. The molecule has 1 saturated heterocycles. The number of pyridine rings is 1. The van der Waals surface area contributed by atoms with Crippen LogP contribution in [-0.2, 0) is 6.54 Å². The van der Waals surface area contributed by atoms with E-state index in [1.54, 1.807) is 12.4 Å². The molecule has 0 amide bonds. The van der Waals surface area contributed by atoms with Crippen LogP contribution in [-0.4, -0.2) is 41.4 Å². The largest absolute Gasteiger partial charge is 0.371 e. The molecule has 1 aromatic heterocycles. The van der Waals surface area contributed by atoms with Crippen molar-refractivity contribution in [2.45, 2.75) is 24.9 Å². The van der Waals surface area contributed by atoms with Gasteiger partial charge in [-0.3, -0.25) is 9.98 Å². The van der Waals surface area contributed by atoms with Crippen LogP contribution < -0.4 is 10.6 Å². The highest BCUT2D eigenvalue weighted by Gasteiger charge is 2.42. The Hall–Kier alpha value is -1.82. The van der Waals surface area contributed by atoms with Gasteiger partial charge in [-0.05, 0) is 49.7 Å². The van der Waals surface area contributed by atoms with Crippen LogP contribution in [0.15, 0.2) is 41.7 Å². The second-order valence-corrected chi connectivity index (χ2v) is 7.78. The average Bonchev–Trinajstić information content (AvgIpc) is 2.65. The molecule has 0 saturated carbocycles. The molecule has 7 heteroatoms. The van der Waals surface area contributed by atoms with Crippen LogP contribution in [0.2, 0.25) is 10.0 Å². The zero-order valence-corrected chi connectivity index (χ0v) is 16.1. The highest BCUT2D eigenvalue weighted by molar-refractivity contribution is 6.42. The summed E-state index contributed by atoms with van der Waals surface area (Å²) in [5, 5.41) is 8.32. The summed E-state index contributed by atoms with van der Waals surface area (Å²) in [6.45, 7) is 2.64. The monoisotopic (exact) mass is 389 g/mol. The molecule has 0 unspecified atom stereocenters. The minimum atomic E-state index is -0.205. The molecule has 2 aliphatic rings. The van der Waals surface area contributed by atoms with Crippen LogP contribution in [0.3, 0.4) is 0 Å². The van der Waals surface area contributed by atoms with Crippen LogP contribution in [0.1, 0.15) is 18.4 Å². The van der Waals surface area contributed by atoms with Crippen molar-refractivity contribution < 1.29 is 0 Å². The molecule has 2 N–H and O–H groups in total. The second kappa shape index (κ2) is 7.06. The van der Waals surface area contributed by atoms with Crippen molar-refractivity contribution in [1.82, 2.24) is 9.88 Å². The number of fused-ring (bicyclic) bond motifs is 1. The van der Waals surface area contributed by atoms with Gasteiger partial charge in [0.25, 0.3) is 0 Å². The zero-order valence-electron chi connectivity index (χ0n) is 14.6. The lowest BCUT2D eigenvalue weighted by Crippen LogP contribution is -2.58. The predicted octanol–water partition coefficient (Wildman–Crippen LogP) is 4.29. The van der Waals surface area contributed by atoms with Crippen LogP contribution >= 0.6 is 23.2 Å². The Bertz CT molecular complexity index is 829. The van der Waals surface area contributed by atoms with Gasteiger partial charge < -0.3 is 15.5 Å². The minimum absolute atomic E-state index is 0.205. The molecular weight excluding hydrogens is 369 g/mol. The Labute approximate surface area is 163 Å². The van der Waals surface area contributed by atoms with E-state index in [2.05, 4.69) is 27.6 Å². The number of aromatic nitrogens is 1. The first kappa shape index (κ1) is 17.6. The summed E-state index contributed by atoms with van der Waals surface area (Å²) in [4.78, 5) is 11.3. The van der Waals surface area contributed by atoms with Crippen molar-refractivity contribution >= 4 is 40.4 Å². The summed E-state index contributed by atoms with van der Waals surface area (Å²) in [7, 11) is 2.15. The van der Waals surface area contributed by atoms with E-state index in [0.29, 0.717) is 16.6 Å². The van der Waals surface area contributed by atoms with Gasteiger partial charge in [0.05, 0.1) is 33.5 Å². The maximum Gasteiger partial charge on any atom is 0.127 e. The standard InChI is InChI=1S/C19H21Cl2N5/c1-26-8-4-19(5-9-26)18(23-12-13-2-6-22-7-3-13)24-16-10-14(20)15(21)11-17(16)25-19/h2-3,6-7,10-11,25H,4-5,8-9,12H2,1H3,(H,23,24). The molecule has 1 spiro atoms. The first-order valence-corrected chi connectivity index (χ1v) is 9.48. The van der Waals surface area contributed by atoms with Crippen molar-refractivity contribution in [2.24, 2.45) is 4.99 Å². The average molecular weight is 390 g/mol. The van der Waals surface area contributed by atoms with E-state index in [4.69, 9.17) is 28.2 Å². The smallest absolute Gasteiger partial charge is 0.127 e. The maximum atomic E-state index is 6.23. The molecule has 4 rings (SSSR count). The van der Waals surface area contributed by atoms with Gasteiger partial charge in [0, 0.05) is 25.5 Å². The van der Waals surface area contributed by atoms with E-state index in [-0.39, 0.29) is 5.54 Å². The van der Waals surface area contributed by atoms with Crippen LogP contribution in [0.5, 0.6) is 0 Å². The van der Waals surface area contributed by atoms with Crippen LogP contribution in [0, 0.1) is 0 Å². The molecule has 0 atom stereocenters. The van der Waals surface area contributed by atoms with E-state index in [0.717, 1.165) is 48.7 Å². The molecule has 0 aliphatic carbocycles. The third-order valence-corrected chi connectivity index (χ3v) is 5.87. The van der Waals surface area contributed by atoms with Crippen molar-refractivity contribution in [3.63, 3.8) is 0 Å². The highest BCUT2D eigenvalue weighted by Crippen LogP contribution is 2.40. The molecule has 26 heavy (non-hydrogen) atoms. The summed E-state index contributed by atoms with van der Waals surface area (Å²) >= 11 is 12.4. The molecule has 3 heterocycles. The minimum Gasteiger partial charge on any atom is -0.371 e. The van der Waals surface area contributed by atoms with Gasteiger partial charge in [0.1, 0.15) is 5.84 Å². The summed E-state index contributed by atoms with van der Waals surface area (Å²) < 4.78 is 0. The summed E-state index contributed by atoms with van der Waals surface area (Å²) in [5.74, 6) is 0.966. The molecule has 0 bridgehead atoms. The molecule has 2 aromatic rings. The molecule has 1 aromatic carbocycles. The Morgan fingerprint density at radius 2 is 1.77 bits per heavy atom. The van der Waals surface area contributed by atoms with Gasteiger partial charge in [-0.25, -0.2) is 0 Å². The lowest BCUT2D eigenvalue weighted by molar-refractivity contribution is 0.240. The molecule has 5 nitrogen and oxygen atoms in total. The number of amidine groups is 1. The van der Waals surface area contributed by atoms with Gasteiger partial charge in [-0.15, -0.1) is 0 Å². The number of halogens is 2. The first-order valence-electron chi connectivity index (χ1n) is 8.72. The Balaban J connectivity index is 1.70. The van der Waals surface area contributed by atoms with Crippen LogP contribution in [0.25, 0.3) is 0 Å². The van der Waals surface area contributed by atoms with Gasteiger partial charge in [-0.2, -0.15) is 0 Å². The van der Waals surface area contributed by atoms with Gasteiger partial charge >= 0.3 is 0 Å². The van der Waals surface area contributed by atoms with Crippen molar-refractivity contribution in [2.75, 3.05) is 30.8 Å². The number of anilines is 2. The summed E-state index contributed by atoms with van der Waals surface area (Å²) in [6.07, 6.45) is 5.55. The number of benzene rings is 1. The number of rotatable bonds is 2. The van der Waals surface area contributed by atoms with Crippen molar-refractivity contribution in [1.29, 1.82) is 0 Å². The maximum absolute atomic E-state index is 6.23. The number of likely N-dealkylation sites (tertiary alicyclic amines) is 1. The Morgan fingerprint density at radius 3 is 2.46 bits per heavy atom. The van der Waals surface area contributed by atoms with Gasteiger partial charge in [0.2, 0.25) is 0 Å². The van der Waals surface area contributed by atoms with Gasteiger partial charge in [-0.1, -0.05) is 23.2 Å². The number of aliphatic imine (C=N–C) groups is 1. The number of piperidine rings is 1. The quantitative estimate of drug-likeness (QED) is 0.804. The SMILES string of the molecule is CN1CCC2(CC1)Nc1cc(Cl)c(Cl)cc1NC2=NCc1ccncc1. The van der Waals surface area contributed by atoms with Crippen molar-refractivity contribution in [3.8, 4) is 0 Å². The fourth-order valence-corrected chi connectivity index (χ4v) is 3.86. The van der Waals surface area contributed by atoms with Crippen molar-refractivity contribution in [3.05, 3.63) is 52.3 Å². The lowest BCUT2D eigenvalue weighted by Gasteiger charge is -2.46. The van der Waals surface area contributed by atoms with E-state index in [1.807, 2.05) is 24.3 Å². The second-order valence-electron chi connectivity index (χ2n) is 6.97. The van der Waals surface area contributed by atoms with E-state index < -0.39 is 0 Å². The Kier molecular flexibility index (Phi) is 4.78. The third kappa shape index (κ3) is 3.39. The molecule has 136 valence electrons. The third-order valence-electron chi connectivity index (χ3n) is 5.15. The number of hydrogen-bond donors (Lipinski definition) is 2. The Morgan fingerprint density at radius 1 is 1.12 bits per heavy atom. The number of nitrogens with one attached hydrogen (secondary N) is 2. The first-order chi connectivity index (χ1) is 12.6. The summed E-state index contributed by atoms with van der Waals surface area (Å²) in [5.41, 5.74) is 2.82. The number of nitrogens with zero attached hydrogens (tertiary/aromatic N) is 3. The normalized spacial score (nSPS) is 20.5. The van der Waals surface area contributed by atoms with E-state index >= 15 is 0 Å². The fraction of sp³-hybridized carbons (Fsp3) is 0.368. The van der Waals surface area contributed by atoms with Crippen LogP contribution in [0.4, 0.5) is 11.4 Å². The summed E-state index contributed by atoms with van der Waals surface area (Å²) in [6, 6.07) is 7.74. The van der Waals surface area contributed by atoms with Gasteiger partial charge in [0.15, 0.2) is 0 Å². The molecule has 1 fully saturated rings. The highest BCUT2D eigenvalue weighted by atomic mass is 35.5. The lowest BCUT2D eigenvalue weighted by atomic mass is 9.84. The fourth-order valence-electron chi connectivity index (χ4n) is 3.53. The number of hydrogen-bond acceptors (Lipinski definition) is 4. The topological polar surface area (TPSA) is 52.5 Å². The van der Waals surface area contributed by atoms with E-state index in [9.17, 15) is 0 Å². The van der Waals surface area contributed by atoms with E-state index in [1.165, 1.54) is 0 Å². The molecule has 0 radical (unpaired) electrons. The molecule has 2 aliphatic heterocycles.